The van der Waals surface area contributed by atoms with E-state index in [4.69, 9.17) is 4.74 Å². The standard InChI is InChI=1S/C8H18N2O2/c1-7(6-12-4)9-5-8(11)10(2)3/h7,9H,5-6H2,1-4H3/t7-/m1/s1. The number of likely N-dealkylation sites (N-methyl/N-ethyl adjacent to an activating group) is 1. The molecular formula is C8H18N2O2. The molecule has 1 N–H and O–H groups in total. The summed E-state index contributed by atoms with van der Waals surface area (Å²) in [5.74, 6) is 0.0814. The van der Waals surface area contributed by atoms with Gasteiger partial charge in [0.2, 0.25) is 5.91 Å². The van der Waals surface area contributed by atoms with E-state index in [1.165, 1.54) is 0 Å². The molecule has 72 valence electrons. The lowest BCUT2D eigenvalue weighted by atomic mass is 10.3. The van der Waals surface area contributed by atoms with Gasteiger partial charge in [0.25, 0.3) is 0 Å². The van der Waals surface area contributed by atoms with Crippen LogP contribution in [0.1, 0.15) is 6.92 Å². The summed E-state index contributed by atoms with van der Waals surface area (Å²) in [4.78, 5) is 12.6. The maximum Gasteiger partial charge on any atom is 0.236 e. The molecule has 0 aliphatic rings. The molecular weight excluding hydrogens is 156 g/mol. The predicted octanol–water partition coefficient (Wildman–Crippen LogP) is -0.301. The minimum Gasteiger partial charge on any atom is -0.383 e. The second-order valence-corrected chi connectivity index (χ2v) is 3.03. The molecule has 0 fully saturated rings. The molecule has 0 aromatic rings. The largest absolute Gasteiger partial charge is 0.383 e. The van der Waals surface area contributed by atoms with Crippen LogP contribution in [0, 0.1) is 0 Å². The Morgan fingerprint density at radius 3 is 2.58 bits per heavy atom. The van der Waals surface area contributed by atoms with Crippen molar-refractivity contribution in [2.75, 3.05) is 34.4 Å². The molecule has 0 aromatic heterocycles. The van der Waals surface area contributed by atoms with Crippen molar-refractivity contribution >= 4 is 5.91 Å². The average Bonchev–Trinajstić information content (AvgIpc) is 2.00. The third-order valence-electron chi connectivity index (χ3n) is 1.52. The van der Waals surface area contributed by atoms with Crippen LogP contribution in [-0.4, -0.2) is 51.2 Å². The van der Waals surface area contributed by atoms with Crippen molar-refractivity contribution in [2.45, 2.75) is 13.0 Å². The van der Waals surface area contributed by atoms with Gasteiger partial charge in [0.15, 0.2) is 0 Å². The first-order valence-corrected chi connectivity index (χ1v) is 4.00. The Morgan fingerprint density at radius 2 is 2.17 bits per heavy atom. The van der Waals surface area contributed by atoms with Crippen molar-refractivity contribution in [3.05, 3.63) is 0 Å². The Kier molecular flexibility index (Phi) is 5.66. The normalized spacial score (nSPS) is 12.7. The second-order valence-electron chi connectivity index (χ2n) is 3.03. The Hall–Kier alpha value is -0.610. The Labute approximate surface area is 73.9 Å². The maximum atomic E-state index is 11.1. The molecule has 0 spiro atoms. The number of carbonyl (C=O) groups excluding carboxylic acids is 1. The van der Waals surface area contributed by atoms with Crippen LogP contribution in [0.2, 0.25) is 0 Å². The molecule has 0 radical (unpaired) electrons. The van der Waals surface area contributed by atoms with Gasteiger partial charge < -0.3 is 15.0 Å². The zero-order chi connectivity index (χ0) is 9.56. The van der Waals surface area contributed by atoms with Gasteiger partial charge in [-0.1, -0.05) is 0 Å². The number of hydrogen-bond acceptors (Lipinski definition) is 3. The van der Waals surface area contributed by atoms with Gasteiger partial charge in [-0.3, -0.25) is 4.79 Å². The third kappa shape index (κ3) is 5.09. The molecule has 1 atom stereocenters. The fourth-order valence-corrected chi connectivity index (χ4v) is 0.729. The second kappa shape index (κ2) is 5.97. The van der Waals surface area contributed by atoms with Gasteiger partial charge in [0.05, 0.1) is 13.2 Å². The predicted molar refractivity (Wildman–Crippen MR) is 48.0 cm³/mol. The fraction of sp³-hybridized carbons (Fsp3) is 0.875. The van der Waals surface area contributed by atoms with Crippen LogP contribution in [-0.2, 0) is 9.53 Å². The minimum absolute atomic E-state index is 0.0814. The van der Waals surface area contributed by atoms with E-state index in [-0.39, 0.29) is 11.9 Å². The molecule has 0 bridgehead atoms. The molecule has 0 saturated heterocycles. The van der Waals surface area contributed by atoms with E-state index in [0.29, 0.717) is 13.2 Å². The summed E-state index contributed by atoms with van der Waals surface area (Å²) in [5, 5.41) is 3.05. The van der Waals surface area contributed by atoms with Crippen molar-refractivity contribution < 1.29 is 9.53 Å². The van der Waals surface area contributed by atoms with Crippen LogP contribution < -0.4 is 5.32 Å². The van der Waals surface area contributed by atoms with Gasteiger partial charge in [-0.25, -0.2) is 0 Å². The van der Waals surface area contributed by atoms with E-state index < -0.39 is 0 Å². The first-order chi connectivity index (χ1) is 5.57. The molecule has 0 unspecified atom stereocenters. The smallest absolute Gasteiger partial charge is 0.236 e. The van der Waals surface area contributed by atoms with Crippen LogP contribution in [0.15, 0.2) is 0 Å². The zero-order valence-corrected chi connectivity index (χ0v) is 8.26. The highest BCUT2D eigenvalue weighted by molar-refractivity contribution is 5.77. The molecule has 0 aliphatic carbocycles. The number of amides is 1. The van der Waals surface area contributed by atoms with Crippen molar-refractivity contribution in [1.82, 2.24) is 10.2 Å². The highest BCUT2D eigenvalue weighted by Gasteiger charge is 2.05. The first kappa shape index (κ1) is 11.4. The maximum absolute atomic E-state index is 11.1. The van der Waals surface area contributed by atoms with Gasteiger partial charge in [0, 0.05) is 27.2 Å². The van der Waals surface area contributed by atoms with Gasteiger partial charge in [-0.2, -0.15) is 0 Å². The molecule has 1 amide bonds. The molecule has 4 heteroatoms. The van der Waals surface area contributed by atoms with Crippen molar-refractivity contribution in [2.24, 2.45) is 0 Å². The summed E-state index contributed by atoms with van der Waals surface area (Å²) in [6, 6.07) is 0.221. The summed E-state index contributed by atoms with van der Waals surface area (Å²) < 4.78 is 4.91. The third-order valence-corrected chi connectivity index (χ3v) is 1.52. The van der Waals surface area contributed by atoms with Crippen LogP contribution >= 0.6 is 0 Å². The molecule has 0 rings (SSSR count). The summed E-state index contributed by atoms with van der Waals surface area (Å²) in [6.45, 7) is 2.98. The van der Waals surface area contributed by atoms with Gasteiger partial charge in [0.1, 0.15) is 0 Å². The van der Waals surface area contributed by atoms with E-state index in [1.807, 2.05) is 6.92 Å². The lowest BCUT2D eigenvalue weighted by molar-refractivity contribution is -0.127. The number of rotatable bonds is 5. The van der Waals surface area contributed by atoms with E-state index in [1.54, 1.807) is 26.1 Å². The van der Waals surface area contributed by atoms with E-state index >= 15 is 0 Å². The van der Waals surface area contributed by atoms with Crippen LogP contribution in [0.3, 0.4) is 0 Å². The molecule has 0 heterocycles. The number of ether oxygens (including phenoxy) is 1. The molecule has 0 aliphatic heterocycles. The van der Waals surface area contributed by atoms with Crippen molar-refractivity contribution in [3.8, 4) is 0 Å². The Bertz CT molecular complexity index is 137. The van der Waals surface area contributed by atoms with Crippen LogP contribution in [0.25, 0.3) is 0 Å². The van der Waals surface area contributed by atoms with Gasteiger partial charge in [-0.15, -0.1) is 0 Å². The summed E-state index contributed by atoms with van der Waals surface area (Å²) in [7, 11) is 5.13. The van der Waals surface area contributed by atoms with E-state index in [2.05, 4.69) is 5.32 Å². The van der Waals surface area contributed by atoms with Gasteiger partial charge >= 0.3 is 0 Å². The number of methoxy groups -OCH3 is 1. The highest BCUT2D eigenvalue weighted by Crippen LogP contribution is 1.83. The van der Waals surface area contributed by atoms with Gasteiger partial charge in [-0.05, 0) is 6.92 Å². The monoisotopic (exact) mass is 174 g/mol. The average molecular weight is 174 g/mol. The number of hydrogen-bond donors (Lipinski definition) is 1. The van der Waals surface area contributed by atoms with Crippen molar-refractivity contribution in [3.63, 3.8) is 0 Å². The molecule has 0 saturated carbocycles. The topological polar surface area (TPSA) is 41.6 Å². The summed E-state index contributed by atoms with van der Waals surface area (Å²) in [6.07, 6.45) is 0. The number of carbonyl (C=O) groups is 1. The SMILES string of the molecule is COC[C@@H](C)NCC(=O)N(C)C. The molecule has 4 nitrogen and oxygen atoms in total. The lowest BCUT2D eigenvalue weighted by Gasteiger charge is -2.14. The van der Waals surface area contributed by atoms with Crippen LogP contribution in [0.5, 0.6) is 0 Å². The van der Waals surface area contributed by atoms with E-state index in [0.717, 1.165) is 0 Å². The lowest BCUT2D eigenvalue weighted by Crippen LogP contribution is -2.39. The fourth-order valence-electron chi connectivity index (χ4n) is 0.729. The first-order valence-electron chi connectivity index (χ1n) is 4.00. The zero-order valence-electron chi connectivity index (χ0n) is 8.26. The Morgan fingerprint density at radius 1 is 1.58 bits per heavy atom. The molecule has 12 heavy (non-hydrogen) atoms. The van der Waals surface area contributed by atoms with E-state index in [9.17, 15) is 4.79 Å². The van der Waals surface area contributed by atoms with Crippen LogP contribution in [0.4, 0.5) is 0 Å². The van der Waals surface area contributed by atoms with Crippen molar-refractivity contribution in [1.29, 1.82) is 0 Å². The number of nitrogens with one attached hydrogen (secondary N) is 1. The Balaban J connectivity index is 3.47. The minimum atomic E-state index is 0.0814. The quantitative estimate of drug-likeness (QED) is 0.622. The highest BCUT2D eigenvalue weighted by atomic mass is 16.5. The summed E-state index contributed by atoms with van der Waals surface area (Å²) in [5.41, 5.74) is 0. The number of nitrogens with zero attached hydrogens (tertiary/aromatic N) is 1. The summed E-state index contributed by atoms with van der Waals surface area (Å²) >= 11 is 0. The molecule has 0 aromatic carbocycles.